The van der Waals surface area contributed by atoms with Crippen molar-refractivity contribution in [2.45, 2.75) is 285 Å². The largest absolute Gasteiger partial charge is 0.394 e. The van der Waals surface area contributed by atoms with Crippen LogP contribution in [0.5, 0.6) is 0 Å². The zero-order chi connectivity index (χ0) is 65.5. The third kappa shape index (κ3) is 13.0. The molecule has 5 heterocycles. The van der Waals surface area contributed by atoms with Gasteiger partial charge in [0, 0.05) is 16.7 Å². The first-order chi connectivity index (χ1) is 41.7. The minimum Gasteiger partial charge on any atom is -0.394 e. The van der Waals surface area contributed by atoms with Crippen LogP contribution in [0.1, 0.15) is 114 Å². The Morgan fingerprint density at radius 2 is 1.03 bits per heavy atom. The molecule has 5 saturated heterocycles. The molecule has 0 bridgehead atoms. The Kier molecular flexibility index (Phi) is 22.3. The number of allylic oxidation sites excluding steroid dienone is 1. The van der Waals surface area contributed by atoms with Gasteiger partial charge in [0.2, 0.25) is 0 Å². The Bertz CT molecular complexity index is 2340. The highest BCUT2D eigenvalue weighted by Crippen LogP contribution is 2.75. The number of hydrogen-bond acceptors (Lipinski definition) is 28. The lowest BCUT2D eigenvalue weighted by Crippen LogP contribution is -2.66. The number of rotatable bonds is 20. The van der Waals surface area contributed by atoms with E-state index in [9.17, 15) is 91.9 Å². The van der Waals surface area contributed by atoms with Crippen molar-refractivity contribution >= 4 is 0 Å². The molecule has 4 aliphatic carbocycles. The number of aliphatic hydroxyl groups excluding tert-OH is 17. The molecule has 0 radical (unpaired) electrons. The normalized spacial score (nSPS) is 51.8. The van der Waals surface area contributed by atoms with Crippen LogP contribution in [0.3, 0.4) is 0 Å². The smallest absolute Gasteiger partial charge is 0.187 e. The van der Waals surface area contributed by atoms with Crippen LogP contribution in [0.15, 0.2) is 11.6 Å². The van der Waals surface area contributed by atoms with Gasteiger partial charge in [-0.2, -0.15) is 0 Å². The Balaban J connectivity index is 0.884. The molecule has 89 heavy (non-hydrogen) atoms. The van der Waals surface area contributed by atoms with Crippen LogP contribution in [0.2, 0.25) is 0 Å². The van der Waals surface area contributed by atoms with E-state index >= 15 is 0 Å². The van der Waals surface area contributed by atoms with Crippen molar-refractivity contribution in [2.24, 2.45) is 51.2 Å². The summed E-state index contributed by atoms with van der Waals surface area (Å²) in [6.45, 7) is 14.3. The second-order valence-corrected chi connectivity index (χ2v) is 29.0. The lowest BCUT2D eigenvalue weighted by Gasteiger charge is -2.67. The summed E-state index contributed by atoms with van der Waals surface area (Å²) in [7, 11) is 0. The van der Waals surface area contributed by atoms with Crippen molar-refractivity contribution in [1.29, 1.82) is 0 Å². The predicted octanol–water partition coefficient (Wildman–Crippen LogP) is -4.13. The van der Waals surface area contributed by atoms with E-state index in [2.05, 4.69) is 33.8 Å². The summed E-state index contributed by atoms with van der Waals surface area (Å²) in [5, 5.41) is 196. The SMILES string of the molecule is C[C@@H]1[C@@H](O)[C@@H](OC[C@H]2O[C@@H](O[C@H](CC[C@@H](C)[C@H]3CC[C@@]4(C)C5CC=C6[C@@H](CC[C@H](O[C@@H]7O[C@H](CO)[C@@H](O[C@@H]8O[C@H](CO)[C@@H](O)[C@H](O)[C@H]8O)[C@H](O)[C@H]7O)C6(C)C)[C@]5(C)[C@H](O)C[C@]34C)C(C)(C)O)[C@H](O[C@@H]3O[C@H](CO)[C@@H](O)[C@H](O)[C@H]3O)[C@@H](O)[C@@H]2O)O[C@H](CO)[C@H]1O. The molecule has 0 aromatic heterocycles. The van der Waals surface area contributed by atoms with Crippen molar-refractivity contribution in [3.8, 4) is 0 Å². The molecule has 0 aromatic carbocycles. The standard InChI is InChI=1S/C61H104O28/c1-24(10-14-37(58(5,6)79)87-56-51(89-55-48(77)44(73)41(70)31(21-64)83-55)45(74)42(71)33(85-56)23-80-52-39(68)25(2)38(67)29(19-62)81-52)26-16-17-59(7)34-13-11-27-28(61(34,9)35(66)18-60(26,59)8)12-15-36(57(27,3)4)86-53-49(78)46(75)50(32(22-65)84-53)88-54-47(76)43(72)40(69)30(20-63)82-54/h11,24-26,28-56,62-79H,10,12-23H2,1-9H3/t24-,25+,26-,28-,29-,30-,31-,32-,33-,34?,35-,36+,37-,38+,39-,40-,41-,42-,43+,44+,45+,46-,47-,48-,49-,50-,51-,52+,53+,54+,55+,56+,59+,60-,61+/m1/s1. The van der Waals surface area contributed by atoms with Crippen LogP contribution in [0.4, 0.5) is 0 Å². The predicted molar refractivity (Wildman–Crippen MR) is 303 cm³/mol. The molecule has 28 nitrogen and oxygen atoms in total. The second-order valence-electron chi connectivity index (χ2n) is 29.0. The monoisotopic (exact) mass is 1280 g/mol. The topological polar surface area (TPSA) is 456 Å². The molecule has 3 saturated carbocycles. The van der Waals surface area contributed by atoms with Gasteiger partial charge in [-0.3, -0.25) is 0 Å². The molecular weight excluding hydrogens is 1180 g/mol. The fraction of sp³-hybridized carbons (Fsp3) is 0.967. The van der Waals surface area contributed by atoms with Crippen molar-refractivity contribution < 1.29 is 139 Å². The van der Waals surface area contributed by atoms with Gasteiger partial charge in [-0.1, -0.05) is 60.1 Å². The van der Waals surface area contributed by atoms with Crippen LogP contribution in [-0.4, -0.2) is 296 Å². The number of ether oxygens (including phenoxy) is 10. The molecule has 35 atom stereocenters. The third-order valence-electron chi connectivity index (χ3n) is 23.3. The average Bonchev–Trinajstić information content (AvgIpc) is 1.66. The Labute approximate surface area is 518 Å². The van der Waals surface area contributed by atoms with Gasteiger partial charge in [0.15, 0.2) is 31.5 Å². The van der Waals surface area contributed by atoms with Gasteiger partial charge in [-0.15, -0.1) is 0 Å². The second kappa shape index (κ2) is 27.6. The lowest BCUT2D eigenvalue weighted by molar-refractivity contribution is -0.380. The molecular formula is C61H104O28. The maximum Gasteiger partial charge on any atom is 0.187 e. The molecule has 0 spiro atoms. The Hall–Kier alpha value is -1.38. The van der Waals surface area contributed by atoms with Crippen molar-refractivity contribution in [3.05, 3.63) is 11.6 Å². The quantitative estimate of drug-likeness (QED) is 0.0515. The van der Waals surface area contributed by atoms with Crippen LogP contribution < -0.4 is 0 Å². The van der Waals surface area contributed by atoms with Gasteiger partial charge >= 0.3 is 0 Å². The molecule has 0 amide bonds. The molecule has 516 valence electrons. The maximum atomic E-state index is 12.8. The van der Waals surface area contributed by atoms with Crippen LogP contribution >= 0.6 is 0 Å². The average molecular weight is 1290 g/mol. The minimum atomic E-state index is -1.93. The fourth-order valence-corrected chi connectivity index (χ4v) is 17.3. The molecule has 28 heteroatoms. The summed E-state index contributed by atoms with van der Waals surface area (Å²) >= 11 is 0. The Morgan fingerprint density at radius 3 is 1.61 bits per heavy atom. The van der Waals surface area contributed by atoms with Gasteiger partial charge in [0.1, 0.15) is 110 Å². The summed E-state index contributed by atoms with van der Waals surface area (Å²) < 4.78 is 60.0. The highest BCUT2D eigenvalue weighted by atomic mass is 16.8. The lowest BCUT2D eigenvalue weighted by atomic mass is 9.38. The zero-order valence-electron chi connectivity index (χ0n) is 52.4. The van der Waals surface area contributed by atoms with Crippen molar-refractivity contribution in [1.82, 2.24) is 0 Å². The summed E-state index contributed by atoms with van der Waals surface area (Å²) in [6, 6.07) is 0. The van der Waals surface area contributed by atoms with E-state index in [-0.39, 0.29) is 40.9 Å². The highest BCUT2D eigenvalue weighted by Gasteiger charge is 2.71. The molecule has 0 aromatic rings. The van der Waals surface area contributed by atoms with Crippen LogP contribution in [0.25, 0.3) is 0 Å². The molecule has 18 N–H and O–H groups in total. The van der Waals surface area contributed by atoms with Gasteiger partial charge in [-0.05, 0) is 99.7 Å². The molecule has 9 aliphatic rings. The summed E-state index contributed by atoms with van der Waals surface area (Å²) in [5.74, 6) is -0.760. The van der Waals surface area contributed by atoms with Crippen LogP contribution in [-0.2, 0) is 47.4 Å². The van der Waals surface area contributed by atoms with E-state index in [1.54, 1.807) is 0 Å². The zero-order valence-corrected chi connectivity index (χ0v) is 52.4. The molecule has 8 fully saturated rings. The van der Waals surface area contributed by atoms with Gasteiger partial charge < -0.3 is 139 Å². The summed E-state index contributed by atoms with van der Waals surface area (Å²) in [4.78, 5) is 0. The molecule has 9 rings (SSSR count). The van der Waals surface area contributed by atoms with Crippen molar-refractivity contribution in [3.63, 3.8) is 0 Å². The van der Waals surface area contributed by atoms with Crippen LogP contribution in [0, 0.1) is 51.2 Å². The van der Waals surface area contributed by atoms with E-state index in [1.165, 1.54) is 20.8 Å². The number of aliphatic hydroxyl groups is 18. The maximum absolute atomic E-state index is 12.8. The minimum absolute atomic E-state index is 0.0171. The van der Waals surface area contributed by atoms with Gasteiger partial charge in [0.25, 0.3) is 0 Å². The van der Waals surface area contributed by atoms with Gasteiger partial charge in [-0.25, -0.2) is 0 Å². The first-order valence-corrected chi connectivity index (χ1v) is 31.9. The third-order valence-corrected chi connectivity index (χ3v) is 23.3. The van der Waals surface area contributed by atoms with E-state index in [0.29, 0.717) is 32.1 Å². The fourth-order valence-electron chi connectivity index (χ4n) is 17.3. The van der Waals surface area contributed by atoms with E-state index < -0.39 is 221 Å². The van der Waals surface area contributed by atoms with Gasteiger partial charge in [0.05, 0.1) is 63.1 Å². The highest BCUT2D eigenvalue weighted by molar-refractivity contribution is 5.32. The number of hydrogen-bond donors (Lipinski definition) is 18. The molecule has 5 aliphatic heterocycles. The van der Waals surface area contributed by atoms with E-state index in [4.69, 9.17) is 47.4 Å². The Morgan fingerprint density at radius 1 is 0.539 bits per heavy atom. The first kappa shape index (κ1) is 71.9. The first-order valence-electron chi connectivity index (χ1n) is 31.9. The number of fused-ring (bicyclic) bond motifs is 5. The summed E-state index contributed by atoms with van der Waals surface area (Å²) in [6.07, 6.45) is -33.9. The molecule has 1 unspecified atom stereocenters. The van der Waals surface area contributed by atoms with E-state index in [0.717, 1.165) is 18.4 Å². The van der Waals surface area contributed by atoms with E-state index in [1.807, 2.05) is 13.8 Å². The van der Waals surface area contributed by atoms with Crippen molar-refractivity contribution in [2.75, 3.05) is 33.0 Å². The summed E-state index contributed by atoms with van der Waals surface area (Å²) in [5.41, 5.74) is -2.40.